The van der Waals surface area contributed by atoms with Crippen molar-refractivity contribution < 1.29 is 8.42 Å². The Hall–Kier alpha value is -2.94. The molecular formula is C32H37N3O2S2. The summed E-state index contributed by atoms with van der Waals surface area (Å²) in [7, 11) is -3.93. The van der Waals surface area contributed by atoms with Gasteiger partial charge < -0.3 is 0 Å². The SMILES string of the molecule is CCCCSc1cc(CN(Cc2ccccc2)NCc2ccccc2)cc(S(N)(=O)=O)c1Cc1ccccc1. The number of benzene rings is 4. The topological polar surface area (TPSA) is 75.4 Å². The molecule has 4 aromatic rings. The van der Waals surface area contributed by atoms with Crippen molar-refractivity contribution in [2.24, 2.45) is 5.14 Å². The van der Waals surface area contributed by atoms with Crippen LogP contribution in [-0.2, 0) is 36.1 Å². The van der Waals surface area contributed by atoms with Crippen LogP contribution >= 0.6 is 11.8 Å². The molecule has 0 aliphatic rings. The van der Waals surface area contributed by atoms with Crippen molar-refractivity contribution >= 4 is 21.8 Å². The highest BCUT2D eigenvalue weighted by Gasteiger charge is 2.21. The fourth-order valence-electron chi connectivity index (χ4n) is 4.44. The molecule has 4 rings (SSSR count). The van der Waals surface area contributed by atoms with Crippen molar-refractivity contribution in [1.29, 1.82) is 0 Å². The van der Waals surface area contributed by atoms with E-state index in [4.69, 9.17) is 5.14 Å². The Labute approximate surface area is 237 Å². The van der Waals surface area contributed by atoms with Gasteiger partial charge in [0.05, 0.1) is 4.90 Å². The van der Waals surface area contributed by atoms with E-state index in [-0.39, 0.29) is 4.90 Å². The molecule has 0 unspecified atom stereocenters. The summed E-state index contributed by atoms with van der Waals surface area (Å²) in [4.78, 5) is 1.20. The van der Waals surface area contributed by atoms with Crippen LogP contribution in [0.3, 0.4) is 0 Å². The molecule has 0 aliphatic carbocycles. The van der Waals surface area contributed by atoms with Gasteiger partial charge in [-0.1, -0.05) is 104 Å². The first-order chi connectivity index (χ1) is 18.9. The summed E-state index contributed by atoms with van der Waals surface area (Å²) in [5.41, 5.74) is 8.65. The number of nitrogens with two attached hydrogens (primary N) is 1. The van der Waals surface area contributed by atoms with Gasteiger partial charge in [0.1, 0.15) is 0 Å². The zero-order chi connectivity index (χ0) is 27.5. The predicted molar refractivity (Wildman–Crippen MR) is 162 cm³/mol. The molecule has 39 heavy (non-hydrogen) atoms. The fourth-order valence-corrected chi connectivity index (χ4v) is 6.59. The van der Waals surface area contributed by atoms with E-state index in [9.17, 15) is 8.42 Å². The van der Waals surface area contributed by atoms with Crippen molar-refractivity contribution in [1.82, 2.24) is 10.4 Å². The third kappa shape index (κ3) is 9.05. The number of nitrogens with zero attached hydrogens (tertiary/aromatic N) is 1. The molecule has 204 valence electrons. The molecule has 3 N–H and O–H groups in total. The summed E-state index contributed by atoms with van der Waals surface area (Å²) in [5, 5.41) is 7.97. The highest BCUT2D eigenvalue weighted by molar-refractivity contribution is 7.99. The largest absolute Gasteiger partial charge is 0.250 e. The second-order valence-electron chi connectivity index (χ2n) is 9.64. The van der Waals surface area contributed by atoms with Crippen molar-refractivity contribution in [3.63, 3.8) is 0 Å². The van der Waals surface area contributed by atoms with E-state index in [1.807, 2.05) is 66.7 Å². The molecule has 5 nitrogen and oxygen atoms in total. The lowest BCUT2D eigenvalue weighted by Crippen LogP contribution is -2.36. The quantitative estimate of drug-likeness (QED) is 0.104. The molecule has 0 radical (unpaired) electrons. The van der Waals surface area contributed by atoms with Crippen molar-refractivity contribution in [3.8, 4) is 0 Å². The minimum absolute atomic E-state index is 0.213. The minimum atomic E-state index is -3.93. The van der Waals surface area contributed by atoms with Crippen LogP contribution in [-0.4, -0.2) is 19.2 Å². The van der Waals surface area contributed by atoms with Gasteiger partial charge in [0.15, 0.2) is 0 Å². The average molecular weight is 560 g/mol. The molecule has 0 saturated carbocycles. The maximum Gasteiger partial charge on any atom is 0.238 e. The van der Waals surface area contributed by atoms with Gasteiger partial charge in [-0.15, -0.1) is 11.8 Å². The van der Waals surface area contributed by atoms with Gasteiger partial charge in [0.25, 0.3) is 0 Å². The first-order valence-electron chi connectivity index (χ1n) is 13.3. The van der Waals surface area contributed by atoms with E-state index >= 15 is 0 Å². The van der Waals surface area contributed by atoms with E-state index in [1.54, 1.807) is 17.8 Å². The number of sulfonamides is 1. The number of hydrogen-bond acceptors (Lipinski definition) is 5. The summed E-state index contributed by atoms with van der Waals surface area (Å²) >= 11 is 1.72. The lowest BCUT2D eigenvalue weighted by molar-refractivity contribution is 0.164. The highest BCUT2D eigenvalue weighted by atomic mass is 32.2. The lowest BCUT2D eigenvalue weighted by atomic mass is 10.0. The number of rotatable bonds is 14. The van der Waals surface area contributed by atoms with Gasteiger partial charge in [0, 0.05) is 24.5 Å². The standard InChI is InChI=1S/C32H37N3O2S2/c1-2-3-19-38-31-21-29(22-32(39(33,36)37)30(31)20-26-13-7-4-8-14-26)25-35(24-28-17-11-6-12-18-28)34-23-27-15-9-5-10-16-27/h4-18,21-22,34H,2-3,19-20,23-25H2,1H3,(H2,33,36,37). The zero-order valence-electron chi connectivity index (χ0n) is 22.4. The molecule has 7 heteroatoms. The lowest BCUT2D eigenvalue weighted by Gasteiger charge is -2.25. The molecular weight excluding hydrogens is 523 g/mol. The predicted octanol–water partition coefficient (Wildman–Crippen LogP) is 6.52. The first kappa shape index (κ1) is 29.1. The Morgan fingerprint density at radius 3 is 1.92 bits per heavy atom. The summed E-state index contributed by atoms with van der Waals surface area (Å²) in [6.45, 7) is 4.02. The van der Waals surface area contributed by atoms with Crippen molar-refractivity contribution in [2.45, 2.75) is 55.6 Å². The number of unbranched alkanes of at least 4 members (excludes halogenated alkanes) is 1. The molecule has 0 atom stereocenters. The van der Waals surface area contributed by atoms with Gasteiger partial charge in [0.2, 0.25) is 10.0 Å². The normalized spacial score (nSPS) is 11.7. The number of hydrazine groups is 1. The summed E-state index contributed by atoms with van der Waals surface area (Å²) in [6, 6.07) is 34.4. The Morgan fingerprint density at radius 1 is 0.769 bits per heavy atom. The van der Waals surface area contributed by atoms with Crippen LogP contribution in [0, 0.1) is 0 Å². The fraction of sp³-hybridized carbons (Fsp3) is 0.250. The molecule has 4 aromatic carbocycles. The zero-order valence-corrected chi connectivity index (χ0v) is 24.1. The maximum atomic E-state index is 12.9. The Kier molecular flexibility index (Phi) is 10.8. The Balaban J connectivity index is 1.69. The van der Waals surface area contributed by atoms with Gasteiger partial charge in [-0.05, 0) is 58.5 Å². The Bertz CT molecular complexity index is 1410. The molecule has 0 aliphatic heterocycles. The molecule has 0 spiro atoms. The summed E-state index contributed by atoms with van der Waals surface area (Å²) in [6.07, 6.45) is 2.65. The van der Waals surface area contributed by atoms with E-state index in [2.05, 4.69) is 47.7 Å². The van der Waals surface area contributed by atoms with Gasteiger partial charge in [-0.2, -0.15) is 0 Å². The molecule has 0 fully saturated rings. The van der Waals surface area contributed by atoms with Crippen LogP contribution in [0.25, 0.3) is 0 Å². The smallest absolute Gasteiger partial charge is 0.238 e. The van der Waals surface area contributed by atoms with E-state index in [0.717, 1.165) is 40.2 Å². The van der Waals surface area contributed by atoms with Crippen molar-refractivity contribution in [2.75, 3.05) is 5.75 Å². The number of hydrogen-bond donors (Lipinski definition) is 2. The third-order valence-electron chi connectivity index (χ3n) is 6.45. The first-order valence-corrected chi connectivity index (χ1v) is 15.9. The third-order valence-corrected chi connectivity index (χ3v) is 8.60. The summed E-state index contributed by atoms with van der Waals surface area (Å²) < 4.78 is 25.8. The molecule has 0 bridgehead atoms. The van der Waals surface area contributed by atoms with Crippen LogP contribution < -0.4 is 10.6 Å². The van der Waals surface area contributed by atoms with Crippen LogP contribution in [0.2, 0.25) is 0 Å². The minimum Gasteiger partial charge on any atom is -0.250 e. The van der Waals surface area contributed by atoms with Crippen molar-refractivity contribution in [3.05, 3.63) is 131 Å². The maximum absolute atomic E-state index is 12.9. The second-order valence-corrected chi connectivity index (χ2v) is 12.3. The van der Waals surface area contributed by atoms with Gasteiger partial charge in [-0.25, -0.2) is 18.6 Å². The summed E-state index contributed by atoms with van der Waals surface area (Å²) in [5.74, 6) is 0.922. The van der Waals surface area contributed by atoms with Crippen LogP contribution in [0.4, 0.5) is 0 Å². The molecule has 0 aromatic heterocycles. The number of thioether (sulfide) groups is 1. The highest BCUT2D eigenvalue weighted by Crippen LogP contribution is 2.33. The van der Waals surface area contributed by atoms with Gasteiger partial charge >= 0.3 is 0 Å². The molecule has 0 heterocycles. The van der Waals surface area contributed by atoms with E-state index in [0.29, 0.717) is 26.1 Å². The monoisotopic (exact) mass is 559 g/mol. The Morgan fingerprint density at radius 2 is 1.33 bits per heavy atom. The van der Waals surface area contributed by atoms with Crippen LogP contribution in [0.1, 0.15) is 47.6 Å². The van der Waals surface area contributed by atoms with E-state index in [1.165, 1.54) is 11.1 Å². The molecule has 0 saturated heterocycles. The second kappa shape index (κ2) is 14.4. The van der Waals surface area contributed by atoms with Crippen LogP contribution in [0.15, 0.2) is 113 Å². The average Bonchev–Trinajstić information content (AvgIpc) is 2.94. The number of primary sulfonamides is 1. The van der Waals surface area contributed by atoms with E-state index < -0.39 is 10.0 Å². The number of nitrogens with one attached hydrogen (secondary N) is 1. The molecule has 0 amide bonds. The van der Waals surface area contributed by atoms with Gasteiger partial charge in [-0.3, -0.25) is 5.43 Å². The van der Waals surface area contributed by atoms with Crippen LogP contribution in [0.5, 0.6) is 0 Å².